The van der Waals surface area contributed by atoms with E-state index in [1.165, 1.54) is 0 Å². The second kappa shape index (κ2) is 6.62. The maximum Gasteiger partial charge on any atom is 0.238 e. The summed E-state index contributed by atoms with van der Waals surface area (Å²) in [6, 6.07) is 3.85. The van der Waals surface area contributed by atoms with Crippen LogP contribution >= 0.6 is 0 Å². The van der Waals surface area contributed by atoms with E-state index in [1.54, 1.807) is 12.4 Å². The molecule has 3 fully saturated rings. The highest BCUT2D eigenvalue weighted by atomic mass is 16.2. The maximum atomic E-state index is 12.9. The van der Waals surface area contributed by atoms with Gasteiger partial charge >= 0.3 is 0 Å². The summed E-state index contributed by atoms with van der Waals surface area (Å²) in [6.45, 7) is 2.51. The minimum atomic E-state index is -0.959. The summed E-state index contributed by atoms with van der Waals surface area (Å²) in [4.78, 5) is 44.9. The molecule has 2 saturated heterocycles. The van der Waals surface area contributed by atoms with Crippen LogP contribution in [0.15, 0.2) is 24.5 Å². The number of primary amides is 1. The Morgan fingerprint density at radius 3 is 2.52 bits per heavy atom. The number of aromatic nitrogens is 1. The third-order valence-electron chi connectivity index (χ3n) is 6.45. The Hall–Kier alpha value is -2.44. The number of hydrogen-bond acceptors (Lipinski definition) is 4. The average molecular weight is 370 g/mol. The van der Waals surface area contributed by atoms with Crippen LogP contribution in [0, 0.1) is 10.8 Å². The van der Waals surface area contributed by atoms with E-state index in [0.29, 0.717) is 45.4 Å². The lowest BCUT2D eigenvalue weighted by molar-refractivity contribution is -0.149. The van der Waals surface area contributed by atoms with Crippen LogP contribution in [-0.4, -0.2) is 52.1 Å². The van der Waals surface area contributed by atoms with E-state index in [4.69, 9.17) is 5.73 Å². The Morgan fingerprint density at radius 1 is 1.11 bits per heavy atom. The molecule has 0 aromatic carbocycles. The van der Waals surface area contributed by atoms with Crippen molar-refractivity contribution in [3.8, 4) is 0 Å². The monoisotopic (exact) mass is 370 g/mol. The molecule has 144 valence electrons. The number of carbonyl (C=O) groups excluding carboxylic acids is 3. The lowest BCUT2D eigenvalue weighted by Crippen LogP contribution is -2.56. The zero-order chi connectivity index (χ0) is 19.1. The van der Waals surface area contributed by atoms with Crippen molar-refractivity contribution in [3.63, 3.8) is 0 Å². The largest absolute Gasteiger partial charge is 0.369 e. The number of piperidine rings is 2. The molecule has 1 aromatic rings. The van der Waals surface area contributed by atoms with Gasteiger partial charge in [-0.3, -0.25) is 19.4 Å². The number of carbonyl (C=O) groups is 3. The molecular weight excluding hydrogens is 344 g/mol. The zero-order valence-electron chi connectivity index (χ0n) is 15.5. The number of nitrogens with two attached hydrogens (primary N) is 1. The lowest BCUT2D eigenvalue weighted by Gasteiger charge is -2.48. The topological polar surface area (TPSA) is 96.6 Å². The number of rotatable bonds is 4. The molecule has 1 atom stereocenters. The summed E-state index contributed by atoms with van der Waals surface area (Å²) in [6.07, 6.45) is 7.81. The van der Waals surface area contributed by atoms with Crippen LogP contribution < -0.4 is 5.73 Å². The van der Waals surface area contributed by atoms with E-state index in [1.807, 2.05) is 21.9 Å². The second-order valence-electron chi connectivity index (χ2n) is 8.38. The third kappa shape index (κ3) is 3.31. The van der Waals surface area contributed by atoms with Crippen LogP contribution in [0.4, 0.5) is 0 Å². The van der Waals surface area contributed by atoms with Crippen molar-refractivity contribution >= 4 is 17.7 Å². The third-order valence-corrected chi connectivity index (χ3v) is 6.45. The standard InChI is InChI=1S/C20H26N4O3/c21-17(26)20(7-8-20)18(27)23-11-1-5-19(13-23)6-2-16(25)24(14-19)12-15-3-9-22-10-4-15/h3-4,9-10H,1-2,5-8,11-14H2,(H2,21,26). The molecule has 27 heavy (non-hydrogen) atoms. The fourth-order valence-electron chi connectivity index (χ4n) is 4.66. The Morgan fingerprint density at radius 2 is 1.85 bits per heavy atom. The molecule has 2 aliphatic heterocycles. The summed E-state index contributed by atoms with van der Waals surface area (Å²) in [5.41, 5.74) is 5.51. The van der Waals surface area contributed by atoms with Crippen LogP contribution in [0.25, 0.3) is 0 Å². The van der Waals surface area contributed by atoms with Crippen molar-refractivity contribution < 1.29 is 14.4 Å². The van der Waals surface area contributed by atoms with Crippen molar-refractivity contribution in [2.45, 2.75) is 45.1 Å². The van der Waals surface area contributed by atoms with E-state index in [2.05, 4.69) is 4.98 Å². The van der Waals surface area contributed by atoms with E-state index in [-0.39, 0.29) is 17.2 Å². The Bertz CT molecular complexity index is 762. The molecule has 7 heteroatoms. The second-order valence-corrected chi connectivity index (χ2v) is 8.38. The Labute approximate surface area is 158 Å². The van der Waals surface area contributed by atoms with Gasteiger partial charge in [0, 0.05) is 50.4 Å². The Balaban J connectivity index is 1.48. The molecule has 2 N–H and O–H groups in total. The van der Waals surface area contributed by atoms with Gasteiger partial charge in [-0.1, -0.05) is 0 Å². The number of likely N-dealkylation sites (tertiary alicyclic amines) is 2. The van der Waals surface area contributed by atoms with Crippen molar-refractivity contribution in [2.75, 3.05) is 19.6 Å². The number of amides is 3. The SMILES string of the molecule is NC(=O)C1(C(=O)N2CCCC3(CCC(=O)N(Cc4ccncc4)C3)C2)CC1. The Kier molecular flexibility index (Phi) is 4.40. The molecule has 3 aliphatic rings. The molecule has 4 rings (SSSR count). The summed E-state index contributed by atoms with van der Waals surface area (Å²) in [7, 11) is 0. The first-order chi connectivity index (χ1) is 12.9. The highest BCUT2D eigenvalue weighted by Gasteiger charge is 2.58. The van der Waals surface area contributed by atoms with E-state index in [9.17, 15) is 14.4 Å². The van der Waals surface area contributed by atoms with Crippen molar-refractivity contribution in [3.05, 3.63) is 30.1 Å². The lowest BCUT2D eigenvalue weighted by atomic mass is 9.73. The minimum absolute atomic E-state index is 0.0808. The van der Waals surface area contributed by atoms with Crippen molar-refractivity contribution in [1.29, 1.82) is 0 Å². The predicted octanol–water partition coefficient (Wildman–Crippen LogP) is 1.08. The summed E-state index contributed by atoms with van der Waals surface area (Å²) in [5, 5.41) is 0. The van der Waals surface area contributed by atoms with Gasteiger partial charge in [0.05, 0.1) is 0 Å². The van der Waals surface area contributed by atoms with Crippen molar-refractivity contribution in [2.24, 2.45) is 16.6 Å². The van der Waals surface area contributed by atoms with Crippen LogP contribution in [0.2, 0.25) is 0 Å². The molecule has 7 nitrogen and oxygen atoms in total. The maximum absolute atomic E-state index is 12.9. The minimum Gasteiger partial charge on any atom is -0.369 e. The molecule has 1 aliphatic carbocycles. The van der Waals surface area contributed by atoms with Gasteiger partial charge in [0.2, 0.25) is 17.7 Å². The first-order valence-electron chi connectivity index (χ1n) is 9.70. The van der Waals surface area contributed by atoms with Gasteiger partial charge in [0.25, 0.3) is 0 Å². The molecule has 1 spiro atoms. The van der Waals surface area contributed by atoms with Gasteiger partial charge < -0.3 is 15.5 Å². The first kappa shape index (κ1) is 17.9. The summed E-state index contributed by atoms with van der Waals surface area (Å²) >= 11 is 0. The van der Waals surface area contributed by atoms with E-state index in [0.717, 1.165) is 24.8 Å². The molecular formula is C20H26N4O3. The molecule has 3 amide bonds. The quantitative estimate of drug-likeness (QED) is 0.802. The van der Waals surface area contributed by atoms with Gasteiger partial charge in [0.15, 0.2) is 0 Å². The van der Waals surface area contributed by atoms with Gasteiger partial charge in [-0.2, -0.15) is 0 Å². The van der Waals surface area contributed by atoms with Gasteiger partial charge in [-0.15, -0.1) is 0 Å². The molecule has 1 aromatic heterocycles. The number of pyridine rings is 1. The van der Waals surface area contributed by atoms with Crippen LogP contribution in [-0.2, 0) is 20.9 Å². The fraction of sp³-hybridized carbons (Fsp3) is 0.600. The summed E-state index contributed by atoms with van der Waals surface area (Å²) in [5.74, 6) is -0.436. The highest BCUT2D eigenvalue weighted by Crippen LogP contribution is 2.48. The van der Waals surface area contributed by atoms with Gasteiger partial charge in [0.1, 0.15) is 5.41 Å². The summed E-state index contributed by atoms with van der Waals surface area (Å²) < 4.78 is 0. The fourth-order valence-corrected chi connectivity index (χ4v) is 4.66. The first-order valence-corrected chi connectivity index (χ1v) is 9.70. The van der Waals surface area contributed by atoms with Crippen LogP contribution in [0.3, 0.4) is 0 Å². The van der Waals surface area contributed by atoms with E-state index >= 15 is 0 Å². The molecule has 0 radical (unpaired) electrons. The van der Waals surface area contributed by atoms with E-state index < -0.39 is 11.3 Å². The zero-order valence-corrected chi connectivity index (χ0v) is 15.5. The molecule has 0 bridgehead atoms. The number of nitrogens with zero attached hydrogens (tertiary/aromatic N) is 3. The molecule has 1 saturated carbocycles. The van der Waals surface area contributed by atoms with Gasteiger partial charge in [-0.05, 0) is 49.8 Å². The average Bonchev–Trinajstić information content (AvgIpc) is 3.47. The van der Waals surface area contributed by atoms with Gasteiger partial charge in [-0.25, -0.2) is 0 Å². The molecule has 1 unspecified atom stereocenters. The predicted molar refractivity (Wildman–Crippen MR) is 98.0 cm³/mol. The normalized spacial score (nSPS) is 26.9. The number of hydrogen-bond donors (Lipinski definition) is 1. The molecule has 3 heterocycles. The van der Waals surface area contributed by atoms with Crippen LogP contribution in [0.1, 0.15) is 44.1 Å². The van der Waals surface area contributed by atoms with Crippen LogP contribution in [0.5, 0.6) is 0 Å². The van der Waals surface area contributed by atoms with Crippen molar-refractivity contribution in [1.82, 2.24) is 14.8 Å². The smallest absolute Gasteiger partial charge is 0.238 e. The highest BCUT2D eigenvalue weighted by molar-refractivity contribution is 6.07.